The van der Waals surface area contributed by atoms with Crippen LogP contribution in [0, 0.1) is 0 Å². The summed E-state index contributed by atoms with van der Waals surface area (Å²) in [6.45, 7) is 4.81. The molecular weight excluding hydrogens is 314 g/mol. The van der Waals surface area contributed by atoms with E-state index in [2.05, 4.69) is 16.0 Å². The van der Waals surface area contributed by atoms with Crippen LogP contribution in [0.15, 0.2) is 54.6 Å². The molecule has 2 aromatic carbocycles. The molecular formula is C20H25N3O2. The van der Waals surface area contributed by atoms with Crippen LogP contribution in [0.3, 0.4) is 0 Å². The molecule has 0 aliphatic heterocycles. The van der Waals surface area contributed by atoms with Gasteiger partial charge in [0, 0.05) is 17.8 Å². The Morgan fingerprint density at radius 2 is 1.80 bits per heavy atom. The zero-order chi connectivity index (χ0) is 18.1. The monoisotopic (exact) mass is 339 g/mol. The number of nitrogens with one attached hydrogen (secondary N) is 3. The third-order valence-corrected chi connectivity index (χ3v) is 3.80. The van der Waals surface area contributed by atoms with Crippen LogP contribution in [-0.2, 0) is 4.79 Å². The lowest BCUT2D eigenvalue weighted by molar-refractivity contribution is -0.119. The van der Waals surface area contributed by atoms with Crippen LogP contribution in [0.4, 0.5) is 5.69 Å². The van der Waals surface area contributed by atoms with Gasteiger partial charge in [0.25, 0.3) is 5.91 Å². The van der Waals surface area contributed by atoms with Crippen LogP contribution in [0.25, 0.3) is 0 Å². The van der Waals surface area contributed by atoms with Crippen molar-refractivity contribution in [2.24, 2.45) is 0 Å². The Balaban J connectivity index is 1.93. The highest BCUT2D eigenvalue weighted by atomic mass is 16.2. The maximum Gasteiger partial charge on any atom is 0.251 e. The number of rotatable bonds is 8. The third-order valence-electron chi connectivity index (χ3n) is 3.80. The van der Waals surface area contributed by atoms with Crippen molar-refractivity contribution in [1.82, 2.24) is 10.6 Å². The topological polar surface area (TPSA) is 70.2 Å². The van der Waals surface area contributed by atoms with Crippen molar-refractivity contribution < 1.29 is 9.59 Å². The first-order chi connectivity index (χ1) is 12.1. The standard InChI is InChI=1S/C20H25N3O2/c1-3-12-21-19(24)14-22-18-11-7-10-17(13-18)20(25)23-15(2)16-8-5-4-6-9-16/h4-11,13,15,22H,3,12,14H2,1-2H3,(H,21,24)(H,23,25). The lowest BCUT2D eigenvalue weighted by Crippen LogP contribution is -2.30. The first-order valence-corrected chi connectivity index (χ1v) is 8.56. The van der Waals surface area contributed by atoms with Gasteiger partial charge in [0.1, 0.15) is 0 Å². The zero-order valence-electron chi connectivity index (χ0n) is 14.7. The molecule has 0 aliphatic rings. The van der Waals surface area contributed by atoms with Gasteiger partial charge in [0.2, 0.25) is 5.91 Å². The molecule has 5 nitrogen and oxygen atoms in total. The largest absolute Gasteiger partial charge is 0.376 e. The van der Waals surface area contributed by atoms with Gasteiger partial charge in [-0.2, -0.15) is 0 Å². The van der Waals surface area contributed by atoms with Gasteiger partial charge < -0.3 is 16.0 Å². The van der Waals surface area contributed by atoms with Crippen molar-refractivity contribution >= 4 is 17.5 Å². The maximum absolute atomic E-state index is 12.4. The zero-order valence-corrected chi connectivity index (χ0v) is 14.7. The highest BCUT2D eigenvalue weighted by Gasteiger charge is 2.11. The summed E-state index contributed by atoms with van der Waals surface area (Å²) in [5, 5.41) is 8.83. The van der Waals surface area contributed by atoms with E-state index in [4.69, 9.17) is 0 Å². The first kappa shape index (κ1) is 18.5. The number of anilines is 1. The van der Waals surface area contributed by atoms with Gasteiger partial charge in [-0.25, -0.2) is 0 Å². The Morgan fingerprint density at radius 1 is 1.04 bits per heavy atom. The van der Waals surface area contributed by atoms with Crippen LogP contribution >= 0.6 is 0 Å². The molecule has 0 saturated carbocycles. The van der Waals surface area contributed by atoms with E-state index >= 15 is 0 Å². The number of amides is 2. The summed E-state index contributed by atoms with van der Waals surface area (Å²) in [5.74, 6) is -0.204. The van der Waals surface area contributed by atoms with E-state index in [1.165, 1.54) is 0 Å². The van der Waals surface area contributed by atoms with Crippen molar-refractivity contribution in [3.05, 3.63) is 65.7 Å². The Bertz CT molecular complexity index is 701. The molecule has 1 unspecified atom stereocenters. The summed E-state index contributed by atoms with van der Waals surface area (Å²) in [7, 11) is 0. The second-order valence-corrected chi connectivity index (χ2v) is 5.89. The minimum Gasteiger partial charge on any atom is -0.376 e. The lowest BCUT2D eigenvalue weighted by atomic mass is 10.1. The van der Waals surface area contributed by atoms with Gasteiger partial charge in [-0.15, -0.1) is 0 Å². The summed E-state index contributed by atoms with van der Waals surface area (Å²) in [6, 6.07) is 16.9. The molecule has 0 radical (unpaired) electrons. The molecule has 132 valence electrons. The van der Waals surface area contributed by atoms with Crippen molar-refractivity contribution in [2.75, 3.05) is 18.4 Å². The summed E-state index contributed by atoms with van der Waals surface area (Å²) in [6.07, 6.45) is 0.904. The van der Waals surface area contributed by atoms with E-state index in [9.17, 15) is 9.59 Å². The molecule has 0 spiro atoms. The van der Waals surface area contributed by atoms with E-state index < -0.39 is 0 Å². The SMILES string of the molecule is CCCNC(=O)CNc1cccc(C(=O)NC(C)c2ccccc2)c1. The highest BCUT2D eigenvalue weighted by Crippen LogP contribution is 2.14. The van der Waals surface area contributed by atoms with E-state index in [1.54, 1.807) is 18.2 Å². The fourth-order valence-electron chi connectivity index (χ4n) is 2.38. The molecule has 0 saturated heterocycles. The molecule has 2 rings (SSSR count). The summed E-state index contributed by atoms with van der Waals surface area (Å²) < 4.78 is 0. The average Bonchev–Trinajstić information content (AvgIpc) is 2.65. The summed E-state index contributed by atoms with van der Waals surface area (Å²) in [4.78, 5) is 24.1. The van der Waals surface area contributed by atoms with Gasteiger partial charge >= 0.3 is 0 Å². The normalized spacial score (nSPS) is 11.4. The number of carbonyl (C=O) groups is 2. The number of hydrogen-bond donors (Lipinski definition) is 3. The van der Waals surface area contributed by atoms with Crippen LogP contribution in [-0.4, -0.2) is 24.9 Å². The molecule has 0 aromatic heterocycles. The van der Waals surface area contributed by atoms with Crippen LogP contribution in [0.2, 0.25) is 0 Å². The molecule has 2 aromatic rings. The van der Waals surface area contributed by atoms with Crippen molar-refractivity contribution in [2.45, 2.75) is 26.3 Å². The first-order valence-electron chi connectivity index (χ1n) is 8.56. The Hall–Kier alpha value is -2.82. The molecule has 0 aliphatic carbocycles. The fraction of sp³-hybridized carbons (Fsp3) is 0.300. The van der Waals surface area contributed by atoms with Gasteiger partial charge in [0.05, 0.1) is 12.6 Å². The van der Waals surface area contributed by atoms with Gasteiger partial charge in [-0.3, -0.25) is 9.59 Å². The Kier molecular flexibility index (Phi) is 7.01. The summed E-state index contributed by atoms with van der Waals surface area (Å²) in [5.41, 5.74) is 2.35. The molecule has 2 amide bonds. The molecule has 25 heavy (non-hydrogen) atoms. The second kappa shape index (κ2) is 9.47. The predicted octanol–water partition coefficient (Wildman–Crippen LogP) is 3.12. The number of benzene rings is 2. The highest BCUT2D eigenvalue weighted by molar-refractivity contribution is 5.95. The van der Waals surface area contributed by atoms with Crippen molar-refractivity contribution in [3.63, 3.8) is 0 Å². The average molecular weight is 339 g/mol. The van der Waals surface area contributed by atoms with Crippen molar-refractivity contribution in [1.29, 1.82) is 0 Å². The van der Waals surface area contributed by atoms with Crippen LogP contribution < -0.4 is 16.0 Å². The molecule has 0 bridgehead atoms. The third kappa shape index (κ3) is 5.95. The van der Waals surface area contributed by atoms with Gasteiger partial charge in [-0.05, 0) is 37.1 Å². The smallest absolute Gasteiger partial charge is 0.251 e. The second-order valence-electron chi connectivity index (χ2n) is 5.89. The number of carbonyl (C=O) groups excluding carboxylic acids is 2. The molecule has 1 atom stereocenters. The van der Waals surface area contributed by atoms with Crippen LogP contribution in [0.5, 0.6) is 0 Å². The Morgan fingerprint density at radius 3 is 2.52 bits per heavy atom. The number of hydrogen-bond acceptors (Lipinski definition) is 3. The van der Waals surface area contributed by atoms with E-state index in [0.717, 1.165) is 17.7 Å². The van der Waals surface area contributed by atoms with E-state index in [-0.39, 0.29) is 24.4 Å². The molecule has 5 heteroatoms. The van der Waals surface area contributed by atoms with E-state index in [1.807, 2.05) is 50.2 Å². The molecule has 0 fully saturated rings. The maximum atomic E-state index is 12.4. The minimum absolute atomic E-state index is 0.0607. The Labute approximate surface area is 148 Å². The lowest BCUT2D eigenvalue weighted by Gasteiger charge is -2.15. The van der Waals surface area contributed by atoms with Gasteiger partial charge in [-0.1, -0.05) is 43.3 Å². The molecule has 3 N–H and O–H groups in total. The van der Waals surface area contributed by atoms with Gasteiger partial charge in [0.15, 0.2) is 0 Å². The van der Waals surface area contributed by atoms with Crippen LogP contribution in [0.1, 0.15) is 42.2 Å². The fourth-order valence-corrected chi connectivity index (χ4v) is 2.38. The van der Waals surface area contributed by atoms with E-state index in [0.29, 0.717) is 12.1 Å². The predicted molar refractivity (Wildman–Crippen MR) is 101 cm³/mol. The quantitative estimate of drug-likeness (QED) is 0.692. The molecule has 0 heterocycles. The summed E-state index contributed by atoms with van der Waals surface area (Å²) >= 11 is 0. The van der Waals surface area contributed by atoms with Crippen molar-refractivity contribution in [3.8, 4) is 0 Å². The minimum atomic E-state index is -0.143.